The van der Waals surface area contributed by atoms with Crippen molar-refractivity contribution < 1.29 is 19.4 Å². The molecule has 1 aliphatic carbocycles. The van der Waals surface area contributed by atoms with Crippen LogP contribution in [0.2, 0.25) is 0 Å². The van der Waals surface area contributed by atoms with Crippen LogP contribution >= 0.6 is 0 Å². The van der Waals surface area contributed by atoms with E-state index in [1.807, 2.05) is 0 Å². The summed E-state index contributed by atoms with van der Waals surface area (Å²) >= 11 is 0. The lowest BCUT2D eigenvalue weighted by atomic mass is 9.75. The highest BCUT2D eigenvalue weighted by Crippen LogP contribution is 2.39. The summed E-state index contributed by atoms with van der Waals surface area (Å²) in [6, 6.07) is -0.682. The number of carboxylic acid groups (broad SMARTS) is 1. The minimum atomic E-state index is -0.921. The van der Waals surface area contributed by atoms with Gasteiger partial charge in [0.15, 0.2) is 0 Å². The van der Waals surface area contributed by atoms with Gasteiger partial charge in [-0.25, -0.2) is 9.59 Å². The van der Waals surface area contributed by atoms with Gasteiger partial charge in [0.05, 0.1) is 0 Å². The third-order valence-corrected chi connectivity index (χ3v) is 3.67. The van der Waals surface area contributed by atoms with Gasteiger partial charge in [-0.15, -0.1) is 0 Å². The highest BCUT2D eigenvalue weighted by Gasteiger charge is 2.48. The molecule has 1 N–H and O–H groups in total. The van der Waals surface area contributed by atoms with E-state index in [2.05, 4.69) is 6.58 Å². The molecule has 2 aliphatic heterocycles. The molecular weight excluding hydrogens is 222 g/mol. The molecule has 0 radical (unpaired) electrons. The molecule has 0 aromatic carbocycles. The van der Waals surface area contributed by atoms with Gasteiger partial charge in [0, 0.05) is 6.04 Å². The summed E-state index contributed by atoms with van der Waals surface area (Å²) < 4.78 is 4.97. The molecule has 2 heterocycles. The average molecular weight is 239 g/mol. The van der Waals surface area contributed by atoms with Crippen molar-refractivity contribution >= 4 is 12.1 Å². The van der Waals surface area contributed by atoms with Crippen LogP contribution in [0.5, 0.6) is 0 Å². The van der Waals surface area contributed by atoms with Crippen LogP contribution in [-0.4, -0.2) is 40.8 Å². The summed E-state index contributed by atoms with van der Waals surface area (Å²) in [5, 5.41) is 9.24. The molecule has 2 bridgehead atoms. The Kier molecular flexibility index (Phi) is 3.36. The van der Waals surface area contributed by atoms with E-state index in [1.165, 1.54) is 11.0 Å². The second-order valence-electron chi connectivity index (χ2n) is 4.62. The quantitative estimate of drug-likeness (QED) is 0.760. The number of hydrogen-bond donors (Lipinski definition) is 1. The topological polar surface area (TPSA) is 66.8 Å². The van der Waals surface area contributed by atoms with E-state index >= 15 is 0 Å². The fraction of sp³-hybridized carbons (Fsp3) is 0.667. The van der Waals surface area contributed by atoms with E-state index in [9.17, 15) is 14.7 Å². The number of nitrogens with zero attached hydrogens (tertiary/aromatic N) is 1. The molecule has 17 heavy (non-hydrogen) atoms. The van der Waals surface area contributed by atoms with E-state index in [0.29, 0.717) is 0 Å². The Bertz CT molecular complexity index is 333. The van der Waals surface area contributed by atoms with Crippen molar-refractivity contribution in [2.24, 2.45) is 5.92 Å². The Hall–Kier alpha value is -1.52. The SMILES string of the molecule is C=CCOC(=O)N1C2CCC(CC2)[C@H]1C(=O)O. The van der Waals surface area contributed by atoms with E-state index < -0.39 is 18.1 Å². The number of carboxylic acids is 1. The molecule has 5 heteroatoms. The summed E-state index contributed by atoms with van der Waals surface area (Å²) in [6.45, 7) is 3.59. The van der Waals surface area contributed by atoms with Gasteiger partial charge in [-0.05, 0) is 31.6 Å². The molecule has 2 saturated heterocycles. The highest BCUT2D eigenvalue weighted by molar-refractivity contribution is 5.81. The van der Waals surface area contributed by atoms with E-state index in [1.54, 1.807) is 0 Å². The zero-order valence-corrected chi connectivity index (χ0v) is 9.67. The van der Waals surface area contributed by atoms with Crippen molar-refractivity contribution in [2.45, 2.75) is 37.8 Å². The van der Waals surface area contributed by atoms with Crippen LogP contribution in [0.25, 0.3) is 0 Å². The normalized spacial score (nSPS) is 31.1. The minimum absolute atomic E-state index is 0.0263. The molecule has 3 rings (SSSR count). The molecule has 3 aliphatic rings. The van der Waals surface area contributed by atoms with Gasteiger partial charge in [-0.2, -0.15) is 0 Å². The van der Waals surface area contributed by atoms with Gasteiger partial charge in [0.2, 0.25) is 0 Å². The second-order valence-corrected chi connectivity index (χ2v) is 4.62. The first-order valence-corrected chi connectivity index (χ1v) is 5.94. The average Bonchev–Trinajstić information content (AvgIpc) is 2.36. The van der Waals surface area contributed by atoms with Crippen molar-refractivity contribution in [3.05, 3.63) is 12.7 Å². The number of carbonyl (C=O) groups is 2. The smallest absolute Gasteiger partial charge is 0.411 e. The number of carbonyl (C=O) groups excluding carboxylic acids is 1. The maximum Gasteiger partial charge on any atom is 0.411 e. The van der Waals surface area contributed by atoms with Gasteiger partial charge < -0.3 is 9.84 Å². The van der Waals surface area contributed by atoms with Crippen molar-refractivity contribution in [1.82, 2.24) is 4.90 Å². The molecule has 0 aromatic rings. The Balaban J connectivity index is 2.14. The van der Waals surface area contributed by atoms with Crippen LogP contribution < -0.4 is 0 Å². The van der Waals surface area contributed by atoms with Crippen LogP contribution in [0.15, 0.2) is 12.7 Å². The standard InChI is InChI=1S/C12H17NO4/c1-2-7-17-12(16)13-9-5-3-8(4-6-9)10(13)11(14)15/h2,8-10H,1,3-7H2,(H,14,15)/t8?,9?,10-/m0/s1. The second kappa shape index (κ2) is 4.77. The summed E-state index contributed by atoms with van der Waals surface area (Å²) in [6.07, 6.45) is 4.52. The van der Waals surface area contributed by atoms with Gasteiger partial charge in [-0.1, -0.05) is 12.7 Å². The van der Waals surface area contributed by atoms with E-state index in [-0.39, 0.29) is 18.6 Å². The molecule has 1 amide bonds. The molecule has 0 unspecified atom stereocenters. The first-order valence-electron chi connectivity index (χ1n) is 5.94. The lowest BCUT2D eigenvalue weighted by molar-refractivity contribution is -0.150. The first kappa shape index (κ1) is 12.0. The van der Waals surface area contributed by atoms with Crippen molar-refractivity contribution in [3.8, 4) is 0 Å². The molecule has 0 spiro atoms. The summed E-state index contributed by atoms with van der Waals surface area (Å²) in [5.74, 6) is -0.844. The number of hydrogen-bond acceptors (Lipinski definition) is 3. The number of rotatable bonds is 3. The van der Waals surface area contributed by atoms with Crippen LogP contribution in [0.3, 0.4) is 0 Å². The van der Waals surface area contributed by atoms with Gasteiger partial charge >= 0.3 is 12.1 Å². The number of amides is 1. The molecule has 1 saturated carbocycles. The maximum atomic E-state index is 11.9. The van der Waals surface area contributed by atoms with Gasteiger partial charge in [0.25, 0.3) is 0 Å². The van der Waals surface area contributed by atoms with E-state index in [4.69, 9.17) is 4.74 Å². The Morgan fingerprint density at radius 2 is 2.00 bits per heavy atom. The maximum absolute atomic E-state index is 11.9. The van der Waals surface area contributed by atoms with Crippen LogP contribution in [0.4, 0.5) is 4.79 Å². The highest BCUT2D eigenvalue weighted by atomic mass is 16.6. The first-order chi connectivity index (χ1) is 8.15. The van der Waals surface area contributed by atoms with Crippen LogP contribution in [0.1, 0.15) is 25.7 Å². The number of aliphatic carboxylic acids is 1. The number of ether oxygens (including phenoxy) is 1. The fourth-order valence-electron chi connectivity index (χ4n) is 2.94. The predicted octanol–water partition coefficient (Wildman–Crippen LogP) is 1.64. The van der Waals surface area contributed by atoms with Gasteiger partial charge in [0.1, 0.15) is 12.6 Å². The molecule has 5 nitrogen and oxygen atoms in total. The monoisotopic (exact) mass is 239 g/mol. The van der Waals surface area contributed by atoms with Crippen LogP contribution in [-0.2, 0) is 9.53 Å². The van der Waals surface area contributed by atoms with Crippen molar-refractivity contribution in [1.29, 1.82) is 0 Å². The van der Waals surface area contributed by atoms with Crippen molar-refractivity contribution in [2.75, 3.05) is 6.61 Å². The summed E-state index contributed by atoms with van der Waals surface area (Å²) in [7, 11) is 0. The fourth-order valence-corrected chi connectivity index (χ4v) is 2.94. The Morgan fingerprint density at radius 3 is 2.53 bits per heavy atom. The molecule has 94 valence electrons. The van der Waals surface area contributed by atoms with Crippen LogP contribution in [0, 0.1) is 5.92 Å². The third-order valence-electron chi connectivity index (χ3n) is 3.67. The molecule has 1 atom stereocenters. The summed E-state index contributed by atoms with van der Waals surface area (Å²) in [5.41, 5.74) is 0. The Labute approximate surface area is 100 Å². The van der Waals surface area contributed by atoms with E-state index in [0.717, 1.165) is 25.7 Å². The largest absolute Gasteiger partial charge is 0.480 e. The lowest BCUT2D eigenvalue weighted by Crippen LogP contribution is -2.60. The zero-order chi connectivity index (χ0) is 12.4. The molecule has 0 aromatic heterocycles. The summed E-state index contributed by atoms with van der Waals surface area (Å²) in [4.78, 5) is 24.5. The Morgan fingerprint density at radius 1 is 1.35 bits per heavy atom. The predicted molar refractivity (Wildman–Crippen MR) is 60.6 cm³/mol. The molecular formula is C12H17NO4. The van der Waals surface area contributed by atoms with Gasteiger partial charge in [-0.3, -0.25) is 4.90 Å². The number of fused-ring (bicyclic) bond motifs is 3. The zero-order valence-electron chi connectivity index (χ0n) is 9.67. The van der Waals surface area contributed by atoms with Crippen molar-refractivity contribution in [3.63, 3.8) is 0 Å². The number of piperidine rings is 2. The lowest BCUT2D eigenvalue weighted by Gasteiger charge is -2.48. The molecule has 3 fully saturated rings. The minimum Gasteiger partial charge on any atom is -0.480 e. The third kappa shape index (κ3) is 2.14.